The lowest BCUT2D eigenvalue weighted by molar-refractivity contribution is 0.747. The van der Waals surface area contributed by atoms with Gasteiger partial charge in [-0.05, 0) is 113 Å². The summed E-state index contributed by atoms with van der Waals surface area (Å²) in [6.07, 6.45) is 7.17. The van der Waals surface area contributed by atoms with E-state index in [1.165, 1.54) is 72.3 Å². The van der Waals surface area contributed by atoms with Crippen LogP contribution in [0.2, 0.25) is 0 Å². The standard InChI is InChI=1S/C45H34N2.C16H15N.C2H6/c1-30(2)31-17-19-32(20-18-31)33-21-24-44-40(27-33)41-29-35(23-26-45(41)47(44)37-13-7-4-8-14-37)34-22-25-43-39(28-34)38-15-9-10-16-42(38)46(43)36-11-5-3-6-12-36;1-13(15-9-5-3-6-10-15)17-14(2)16-11-7-4-8-12-16;1-2/h3-29,40,44H,1H2,2H3;3-12H,1H2,2H3;1-2H3. The second kappa shape index (κ2) is 19.4. The van der Waals surface area contributed by atoms with E-state index in [-0.39, 0.29) is 12.0 Å². The van der Waals surface area contributed by atoms with Crippen molar-refractivity contribution in [3.8, 4) is 16.8 Å². The molecule has 0 bridgehead atoms. The van der Waals surface area contributed by atoms with Crippen LogP contribution in [0.4, 0.5) is 11.4 Å². The number of para-hydroxylation sites is 3. The number of benzene rings is 8. The second-order valence-corrected chi connectivity index (χ2v) is 16.6. The summed E-state index contributed by atoms with van der Waals surface area (Å²) in [6.45, 7) is 16.2. The van der Waals surface area contributed by atoms with E-state index in [2.05, 4.69) is 210 Å². The van der Waals surface area contributed by atoms with Gasteiger partial charge >= 0.3 is 0 Å². The van der Waals surface area contributed by atoms with Crippen molar-refractivity contribution in [2.24, 2.45) is 4.99 Å². The van der Waals surface area contributed by atoms with Gasteiger partial charge in [-0.25, -0.2) is 0 Å². The number of nitrogens with zero attached hydrogens (tertiary/aromatic N) is 3. The molecule has 2 aliphatic rings. The molecule has 1 aromatic heterocycles. The first-order chi connectivity index (χ1) is 32.4. The largest absolute Gasteiger partial charge is 0.333 e. The SMILES string of the molecule is C=C(C)c1ccc(C2=CC3c4cc(-c5ccc6c(c5)c5ccccc5n6-c5ccccc5)ccc4N(c4ccccc4)C3C=C2)cc1.C=C(N=C(C)c1ccccc1)c1ccccc1.CC. The Morgan fingerprint density at radius 3 is 1.71 bits per heavy atom. The molecule has 1 aliphatic heterocycles. The first kappa shape index (κ1) is 43.3. The summed E-state index contributed by atoms with van der Waals surface area (Å²) in [5.74, 6) is 0.231. The van der Waals surface area contributed by atoms with Crippen LogP contribution in [0.3, 0.4) is 0 Å². The Balaban J connectivity index is 0.000000243. The van der Waals surface area contributed by atoms with Crippen molar-refractivity contribution < 1.29 is 0 Å². The third-order valence-corrected chi connectivity index (χ3v) is 12.5. The molecule has 3 heteroatoms. The van der Waals surface area contributed by atoms with Crippen molar-refractivity contribution in [2.75, 3.05) is 4.90 Å². The zero-order valence-electron chi connectivity index (χ0n) is 38.3. The molecular weight excluding hydrogens is 799 g/mol. The first-order valence-electron chi connectivity index (χ1n) is 23.0. The fourth-order valence-electron chi connectivity index (χ4n) is 9.26. The Labute approximate surface area is 390 Å². The number of aliphatic imine (C=N–C) groups is 1. The Bertz CT molecular complexity index is 3240. The van der Waals surface area contributed by atoms with Crippen LogP contribution in [0, 0.1) is 0 Å². The van der Waals surface area contributed by atoms with E-state index in [0.717, 1.165) is 28.1 Å². The quantitative estimate of drug-likeness (QED) is 0.140. The zero-order valence-corrected chi connectivity index (χ0v) is 38.3. The van der Waals surface area contributed by atoms with Crippen LogP contribution in [0.25, 0.3) is 55.5 Å². The highest BCUT2D eigenvalue weighted by molar-refractivity contribution is 6.10. The summed E-state index contributed by atoms with van der Waals surface area (Å²) in [5.41, 5.74) is 18.7. The van der Waals surface area contributed by atoms with Gasteiger partial charge in [0.05, 0.1) is 22.8 Å². The second-order valence-electron chi connectivity index (χ2n) is 16.6. The maximum absolute atomic E-state index is 4.54. The number of anilines is 2. The molecular formula is C63H55N3. The molecule has 2 unspecified atom stereocenters. The van der Waals surface area contributed by atoms with Crippen molar-refractivity contribution in [2.45, 2.75) is 39.7 Å². The van der Waals surface area contributed by atoms with E-state index in [1.54, 1.807) is 0 Å². The maximum atomic E-state index is 4.54. The molecule has 0 radical (unpaired) electrons. The summed E-state index contributed by atoms with van der Waals surface area (Å²) < 4.78 is 2.38. The molecule has 9 aromatic rings. The highest BCUT2D eigenvalue weighted by atomic mass is 15.2. The van der Waals surface area contributed by atoms with Gasteiger partial charge in [0.2, 0.25) is 0 Å². The lowest BCUT2D eigenvalue weighted by atomic mass is 9.85. The fraction of sp³-hybridized carbons (Fsp3) is 0.0952. The molecule has 3 nitrogen and oxygen atoms in total. The Kier molecular flexibility index (Phi) is 12.7. The predicted molar refractivity (Wildman–Crippen MR) is 285 cm³/mol. The van der Waals surface area contributed by atoms with E-state index in [1.807, 2.05) is 69.3 Å². The van der Waals surface area contributed by atoms with Crippen LogP contribution in [-0.2, 0) is 0 Å². The molecule has 0 saturated heterocycles. The lowest BCUT2D eigenvalue weighted by Gasteiger charge is -2.29. The maximum Gasteiger partial charge on any atom is 0.0633 e. The Morgan fingerprint density at radius 1 is 0.500 bits per heavy atom. The van der Waals surface area contributed by atoms with Gasteiger partial charge in [0.25, 0.3) is 0 Å². The van der Waals surface area contributed by atoms with Crippen LogP contribution in [0.15, 0.2) is 243 Å². The predicted octanol–water partition coefficient (Wildman–Crippen LogP) is 16.9. The summed E-state index contributed by atoms with van der Waals surface area (Å²) in [4.78, 5) is 7.05. The van der Waals surface area contributed by atoms with E-state index >= 15 is 0 Å². The molecule has 2 heterocycles. The van der Waals surface area contributed by atoms with E-state index < -0.39 is 0 Å². The van der Waals surface area contributed by atoms with E-state index in [0.29, 0.717) is 0 Å². The summed E-state index contributed by atoms with van der Waals surface area (Å²) in [5, 5.41) is 2.54. The fourth-order valence-corrected chi connectivity index (χ4v) is 9.26. The summed E-state index contributed by atoms with van der Waals surface area (Å²) in [6, 6.07) is 73.4. The van der Waals surface area contributed by atoms with Crippen molar-refractivity contribution in [1.29, 1.82) is 0 Å². The van der Waals surface area contributed by atoms with Crippen molar-refractivity contribution in [3.05, 3.63) is 265 Å². The molecule has 0 N–H and O–H groups in total. The number of rotatable bonds is 8. The van der Waals surface area contributed by atoms with Gasteiger partial charge in [0, 0.05) is 39.5 Å². The Hall–Kier alpha value is -8.01. The molecule has 66 heavy (non-hydrogen) atoms. The Morgan fingerprint density at radius 2 is 1.05 bits per heavy atom. The smallest absolute Gasteiger partial charge is 0.0633 e. The number of allylic oxidation sites excluding steroid dienone is 3. The number of fused-ring (bicyclic) bond motifs is 6. The van der Waals surface area contributed by atoms with Gasteiger partial charge < -0.3 is 9.47 Å². The third kappa shape index (κ3) is 8.64. The molecule has 0 fully saturated rings. The lowest BCUT2D eigenvalue weighted by Crippen LogP contribution is -2.28. The molecule has 1 aliphatic carbocycles. The minimum absolute atomic E-state index is 0.215. The molecule has 11 rings (SSSR count). The minimum Gasteiger partial charge on any atom is -0.333 e. The number of hydrogen-bond acceptors (Lipinski definition) is 2. The minimum atomic E-state index is 0.215. The topological polar surface area (TPSA) is 20.5 Å². The van der Waals surface area contributed by atoms with Gasteiger partial charge in [-0.1, -0.05) is 202 Å². The molecule has 0 spiro atoms. The van der Waals surface area contributed by atoms with Gasteiger partial charge in [-0.3, -0.25) is 4.99 Å². The average molecular weight is 854 g/mol. The average Bonchev–Trinajstić information content (AvgIpc) is 3.90. The molecule has 0 saturated carbocycles. The molecule has 2 atom stereocenters. The van der Waals surface area contributed by atoms with Crippen molar-refractivity contribution in [1.82, 2.24) is 4.57 Å². The van der Waals surface area contributed by atoms with Gasteiger partial charge in [-0.15, -0.1) is 0 Å². The highest BCUT2D eigenvalue weighted by Crippen LogP contribution is 2.50. The summed E-state index contributed by atoms with van der Waals surface area (Å²) in [7, 11) is 0. The van der Waals surface area contributed by atoms with Gasteiger partial charge in [0.1, 0.15) is 0 Å². The monoisotopic (exact) mass is 853 g/mol. The molecule has 8 aromatic carbocycles. The number of aromatic nitrogens is 1. The van der Waals surface area contributed by atoms with Crippen molar-refractivity contribution in [3.63, 3.8) is 0 Å². The first-order valence-corrected chi connectivity index (χ1v) is 23.0. The third-order valence-electron chi connectivity index (χ3n) is 12.5. The molecule has 322 valence electrons. The van der Waals surface area contributed by atoms with Gasteiger partial charge in [-0.2, -0.15) is 0 Å². The van der Waals surface area contributed by atoms with Gasteiger partial charge in [0.15, 0.2) is 0 Å². The van der Waals surface area contributed by atoms with Crippen LogP contribution in [0.1, 0.15) is 61.4 Å². The molecule has 0 amide bonds. The van der Waals surface area contributed by atoms with Crippen LogP contribution >= 0.6 is 0 Å². The van der Waals surface area contributed by atoms with Crippen LogP contribution in [-0.4, -0.2) is 16.3 Å². The van der Waals surface area contributed by atoms with Crippen LogP contribution < -0.4 is 4.90 Å². The highest BCUT2D eigenvalue weighted by Gasteiger charge is 2.38. The van der Waals surface area contributed by atoms with Crippen LogP contribution in [0.5, 0.6) is 0 Å². The van der Waals surface area contributed by atoms with Crippen molar-refractivity contribution >= 4 is 55.7 Å². The zero-order chi connectivity index (χ0) is 45.6. The summed E-state index contributed by atoms with van der Waals surface area (Å²) >= 11 is 0. The number of hydrogen-bond donors (Lipinski definition) is 0. The van der Waals surface area contributed by atoms with E-state index in [4.69, 9.17) is 0 Å². The van der Waals surface area contributed by atoms with E-state index in [9.17, 15) is 0 Å². The normalized spacial score (nSPS) is 14.9.